The SMILES string of the molecule is CN(C)CCN(C)C(=O)Nc1cc(Cl)ccc1C(=O)O. The quantitative estimate of drug-likeness (QED) is 0.873. The first-order valence-corrected chi connectivity index (χ1v) is 6.38. The predicted molar refractivity (Wildman–Crippen MR) is 78.6 cm³/mol. The van der Waals surface area contributed by atoms with Gasteiger partial charge in [0.25, 0.3) is 0 Å². The lowest BCUT2D eigenvalue weighted by molar-refractivity contribution is 0.0698. The van der Waals surface area contributed by atoms with Gasteiger partial charge in [0.15, 0.2) is 0 Å². The van der Waals surface area contributed by atoms with Crippen LogP contribution in [-0.2, 0) is 0 Å². The molecule has 20 heavy (non-hydrogen) atoms. The van der Waals surface area contributed by atoms with Crippen molar-refractivity contribution in [3.05, 3.63) is 28.8 Å². The lowest BCUT2D eigenvalue weighted by atomic mass is 10.2. The van der Waals surface area contributed by atoms with Crippen molar-refractivity contribution in [1.29, 1.82) is 0 Å². The number of likely N-dealkylation sites (N-methyl/N-ethyl adjacent to an activating group) is 2. The number of anilines is 1. The van der Waals surface area contributed by atoms with Crippen LogP contribution in [0.5, 0.6) is 0 Å². The summed E-state index contributed by atoms with van der Waals surface area (Å²) in [5, 5.41) is 12.0. The Morgan fingerprint density at radius 2 is 1.90 bits per heavy atom. The molecule has 6 nitrogen and oxygen atoms in total. The number of halogens is 1. The molecule has 0 saturated heterocycles. The van der Waals surface area contributed by atoms with Gasteiger partial charge in [-0.05, 0) is 32.3 Å². The summed E-state index contributed by atoms with van der Waals surface area (Å²) in [4.78, 5) is 26.5. The summed E-state index contributed by atoms with van der Waals surface area (Å²) in [6.07, 6.45) is 0. The van der Waals surface area contributed by atoms with Gasteiger partial charge in [-0.2, -0.15) is 0 Å². The molecule has 0 unspecified atom stereocenters. The molecule has 0 spiro atoms. The molecule has 0 heterocycles. The average molecular weight is 300 g/mol. The molecule has 2 amide bonds. The van der Waals surface area contributed by atoms with E-state index >= 15 is 0 Å². The van der Waals surface area contributed by atoms with Crippen LogP contribution in [0.15, 0.2) is 18.2 Å². The summed E-state index contributed by atoms with van der Waals surface area (Å²) < 4.78 is 0. The van der Waals surface area contributed by atoms with Gasteiger partial charge >= 0.3 is 12.0 Å². The number of benzene rings is 1. The molecular formula is C13H18ClN3O3. The number of rotatable bonds is 5. The lowest BCUT2D eigenvalue weighted by Crippen LogP contribution is -2.36. The van der Waals surface area contributed by atoms with Crippen LogP contribution in [0.3, 0.4) is 0 Å². The van der Waals surface area contributed by atoms with Gasteiger partial charge in [-0.15, -0.1) is 0 Å². The van der Waals surface area contributed by atoms with E-state index in [1.165, 1.54) is 23.1 Å². The fourth-order valence-corrected chi connectivity index (χ4v) is 1.64. The normalized spacial score (nSPS) is 10.4. The second-order valence-corrected chi connectivity index (χ2v) is 5.09. The molecule has 0 radical (unpaired) electrons. The zero-order valence-electron chi connectivity index (χ0n) is 11.7. The molecule has 1 aromatic carbocycles. The summed E-state index contributed by atoms with van der Waals surface area (Å²) in [5.41, 5.74) is 0.190. The highest BCUT2D eigenvalue weighted by Gasteiger charge is 2.15. The molecule has 0 fully saturated rings. The topological polar surface area (TPSA) is 72.9 Å². The number of aromatic carboxylic acids is 1. The highest BCUT2D eigenvalue weighted by molar-refractivity contribution is 6.31. The van der Waals surface area contributed by atoms with E-state index < -0.39 is 5.97 Å². The molecule has 0 aliphatic heterocycles. The number of carboxylic acid groups (broad SMARTS) is 1. The van der Waals surface area contributed by atoms with Crippen LogP contribution < -0.4 is 5.32 Å². The van der Waals surface area contributed by atoms with Gasteiger partial charge in [0.1, 0.15) is 0 Å². The minimum absolute atomic E-state index is 0.00348. The van der Waals surface area contributed by atoms with Crippen molar-refractivity contribution in [2.45, 2.75) is 0 Å². The Kier molecular flexibility index (Phi) is 5.79. The van der Waals surface area contributed by atoms with E-state index in [0.717, 1.165) is 0 Å². The van der Waals surface area contributed by atoms with Gasteiger partial charge < -0.3 is 20.2 Å². The number of hydrogen-bond acceptors (Lipinski definition) is 3. The van der Waals surface area contributed by atoms with Crippen molar-refractivity contribution in [1.82, 2.24) is 9.80 Å². The Labute approximate surface area is 122 Å². The van der Waals surface area contributed by atoms with E-state index in [1.54, 1.807) is 7.05 Å². The Hall–Kier alpha value is -1.79. The highest BCUT2D eigenvalue weighted by Crippen LogP contribution is 2.21. The molecule has 2 N–H and O–H groups in total. The summed E-state index contributed by atoms with van der Waals surface area (Å²) in [6, 6.07) is 3.87. The molecule has 0 atom stereocenters. The number of urea groups is 1. The Bertz CT molecular complexity index is 506. The van der Waals surface area contributed by atoms with Gasteiger partial charge in [0.2, 0.25) is 0 Å². The summed E-state index contributed by atoms with van der Waals surface area (Å²) in [7, 11) is 5.46. The number of nitrogens with one attached hydrogen (secondary N) is 1. The number of nitrogens with zero attached hydrogens (tertiary/aromatic N) is 2. The van der Waals surface area contributed by atoms with E-state index in [0.29, 0.717) is 18.1 Å². The monoisotopic (exact) mass is 299 g/mol. The maximum absolute atomic E-state index is 12.0. The average Bonchev–Trinajstić information content (AvgIpc) is 2.35. The van der Waals surface area contributed by atoms with Crippen LogP contribution in [0.25, 0.3) is 0 Å². The molecule has 0 aromatic heterocycles. The van der Waals surface area contributed by atoms with E-state index in [-0.39, 0.29) is 17.3 Å². The first kappa shape index (κ1) is 16.3. The van der Waals surface area contributed by atoms with E-state index in [9.17, 15) is 9.59 Å². The van der Waals surface area contributed by atoms with Crippen molar-refractivity contribution >= 4 is 29.3 Å². The first-order valence-electron chi connectivity index (χ1n) is 6.01. The van der Waals surface area contributed by atoms with Gasteiger partial charge in [-0.1, -0.05) is 11.6 Å². The molecule has 0 aliphatic carbocycles. The Morgan fingerprint density at radius 1 is 1.25 bits per heavy atom. The van der Waals surface area contributed by atoms with Gasteiger partial charge in [0.05, 0.1) is 11.3 Å². The van der Waals surface area contributed by atoms with Gasteiger partial charge in [-0.3, -0.25) is 0 Å². The zero-order chi connectivity index (χ0) is 15.3. The largest absolute Gasteiger partial charge is 0.478 e. The first-order chi connectivity index (χ1) is 9.31. The van der Waals surface area contributed by atoms with Crippen molar-refractivity contribution in [2.24, 2.45) is 0 Å². The fourth-order valence-electron chi connectivity index (χ4n) is 1.47. The standard InChI is InChI=1S/C13H18ClN3O3/c1-16(2)6-7-17(3)13(20)15-11-8-9(14)4-5-10(11)12(18)19/h4-5,8H,6-7H2,1-3H3,(H,15,20)(H,18,19). The van der Waals surface area contributed by atoms with Crippen LogP contribution in [0.4, 0.5) is 10.5 Å². The maximum atomic E-state index is 12.0. The molecule has 7 heteroatoms. The summed E-state index contributed by atoms with van der Waals surface area (Å²) in [5.74, 6) is -1.12. The maximum Gasteiger partial charge on any atom is 0.337 e. The number of carbonyl (C=O) groups is 2. The molecule has 1 aromatic rings. The zero-order valence-corrected chi connectivity index (χ0v) is 12.4. The number of hydrogen-bond donors (Lipinski definition) is 2. The minimum Gasteiger partial charge on any atom is -0.478 e. The second-order valence-electron chi connectivity index (χ2n) is 4.65. The van der Waals surface area contributed by atoms with Crippen LogP contribution in [0.2, 0.25) is 5.02 Å². The van der Waals surface area contributed by atoms with E-state index in [1.807, 2.05) is 19.0 Å². The van der Waals surface area contributed by atoms with Crippen molar-refractivity contribution in [3.8, 4) is 0 Å². The summed E-state index contributed by atoms with van der Waals surface area (Å²) in [6.45, 7) is 1.24. The van der Waals surface area contributed by atoms with Crippen LogP contribution >= 0.6 is 11.6 Å². The molecule has 0 aliphatic rings. The molecule has 0 saturated carbocycles. The fraction of sp³-hybridized carbons (Fsp3) is 0.385. The molecule has 110 valence electrons. The third-order valence-corrected chi connectivity index (χ3v) is 2.92. The predicted octanol–water partition coefficient (Wildman–Crippen LogP) is 2.06. The Balaban J connectivity index is 2.79. The number of amides is 2. The highest BCUT2D eigenvalue weighted by atomic mass is 35.5. The third-order valence-electron chi connectivity index (χ3n) is 2.68. The third kappa shape index (κ3) is 4.71. The van der Waals surface area contributed by atoms with Crippen LogP contribution in [-0.4, -0.2) is 61.1 Å². The van der Waals surface area contributed by atoms with Crippen LogP contribution in [0, 0.1) is 0 Å². The molecular weight excluding hydrogens is 282 g/mol. The van der Waals surface area contributed by atoms with Gasteiger partial charge in [-0.25, -0.2) is 9.59 Å². The number of carbonyl (C=O) groups excluding carboxylic acids is 1. The minimum atomic E-state index is -1.12. The van der Waals surface area contributed by atoms with E-state index in [2.05, 4.69) is 5.32 Å². The van der Waals surface area contributed by atoms with Crippen LogP contribution in [0.1, 0.15) is 10.4 Å². The van der Waals surface area contributed by atoms with Gasteiger partial charge in [0, 0.05) is 25.2 Å². The lowest BCUT2D eigenvalue weighted by Gasteiger charge is -2.20. The van der Waals surface area contributed by atoms with E-state index in [4.69, 9.17) is 16.7 Å². The summed E-state index contributed by atoms with van der Waals surface area (Å²) >= 11 is 5.82. The van der Waals surface area contributed by atoms with Crippen molar-refractivity contribution < 1.29 is 14.7 Å². The molecule has 1 rings (SSSR count). The molecule has 0 bridgehead atoms. The van der Waals surface area contributed by atoms with Crippen molar-refractivity contribution in [2.75, 3.05) is 39.5 Å². The van der Waals surface area contributed by atoms with Crippen molar-refractivity contribution in [3.63, 3.8) is 0 Å². The number of carboxylic acids is 1. The Morgan fingerprint density at radius 3 is 2.45 bits per heavy atom. The smallest absolute Gasteiger partial charge is 0.337 e. The second kappa shape index (κ2) is 7.12.